The van der Waals surface area contributed by atoms with Crippen molar-refractivity contribution in [2.24, 2.45) is 0 Å². The van der Waals surface area contributed by atoms with Crippen LogP contribution in [0.25, 0.3) is 0 Å². The highest BCUT2D eigenvalue weighted by molar-refractivity contribution is 7.99. The molecule has 0 amide bonds. The molecule has 0 fully saturated rings. The molecule has 0 N–H and O–H groups in total. The first-order valence-electron chi connectivity index (χ1n) is 8.54. The molecule has 0 radical (unpaired) electrons. The van der Waals surface area contributed by atoms with E-state index in [9.17, 15) is 14.0 Å². The van der Waals surface area contributed by atoms with Crippen molar-refractivity contribution >= 4 is 23.5 Å². The van der Waals surface area contributed by atoms with Gasteiger partial charge in [-0.05, 0) is 24.6 Å². The van der Waals surface area contributed by atoms with E-state index < -0.39 is 24.2 Å². The maximum atomic E-state index is 13.2. The third kappa shape index (κ3) is 5.26. The van der Waals surface area contributed by atoms with Crippen LogP contribution in [0.15, 0.2) is 59.8 Å². The molecule has 144 valence electrons. The van der Waals surface area contributed by atoms with Crippen LogP contribution in [0.1, 0.15) is 21.7 Å². The number of rotatable bonds is 8. The number of aromatic nitrogens is 3. The van der Waals surface area contributed by atoms with Gasteiger partial charge in [0, 0.05) is 5.56 Å². The summed E-state index contributed by atoms with van der Waals surface area (Å²) in [5.41, 5.74) is 1.26. The second kappa shape index (κ2) is 9.27. The number of carbonyl (C=O) groups is 2. The minimum atomic E-state index is -0.554. The van der Waals surface area contributed by atoms with E-state index in [0.29, 0.717) is 11.7 Å². The predicted molar refractivity (Wildman–Crippen MR) is 103 cm³/mol. The van der Waals surface area contributed by atoms with Crippen molar-refractivity contribution in [3.63, 3.8) is 0 Å². The summed E-state index contributed by atoms with van der Waals surface area (Å²) in [6, 6.07) is 15.1. The van der Waals surface area contributed by atoms with Gasteiger partial charge < -0.3 is 9.30 Å². The number of ether oxygens (including phenoxy) is 1. The van der Waals surface area contributed by atoms with Crippen molar-refractivity contribution in [2.75, 3.05) is 12.4 Å². The number of benzene rings is 2. The fourth-order valence-electron chi connectivity index (χ4n) is 2.47. The molecule has 28 heavy (non-hydrogen) atoms. The monoisotopic (exact) mass is 399 g/mol. The van der Waals surface area contributed by atoms with Gasteiger partial charge in [0.15, 0.2) is 17.5 Å². The van der Waals surface area contributed by atoms with Crippen LogP contribution in [0.5, 0.6) is 0 Å². The zero-order chi connectivity index (χ0) is 19.9. The Morgan fingerprint density at radius 1 is 1.11 bits per heavy atom. The van der Waals surface area contributed by atoms with Crippen molar-refractivity contribution in [3.05, 3.63) is 77.4 Å². The Morgan fingerprint density at radius 3 is 2.64 bits per heavy atom. The van der Waals surface area contributed by atoms with Crippen LogP contribution in [-0.4, -0.2) is 38.9 Å². The van der Waals surface area contributed by atoms with Crippen molar-refractivity contribution < 1.29 is 18.7 Å². The highest BCUT2D eigenvalue weighted by Crippen LogP contribution is 2.18. The van der Waals surface area contributed by atoms with Gasteiger partial charge in [-0.2, -0.15) is 0 Å². The van der Waals surface area contributed by atoms with Gasteiger partial charge in [0.1, 0.15) is 11.6 Å². The van der Waals surface area contributed by atoms with E-state index >= 15 is 0 Å². The van der Waals surface area contributed by atoms with E-state index in [2.05, 4.69) is 10.2 Å². The molecular formula is C20H18FN3O3S. The molecule has 3 aromatic rings. The number of thioether (sulfide) groups is 1. The Morgan fingerprint density at radius 2 is 1.89 bits per heavy atom. The molecular weight excluding hydrogens is 381 g/mol. The normalized spacial score (nSPS) is 10.6. The zero-order valence-corrected chi connectivity index (χ0v) is 16.0. The molecule has 1 heterocycles. The third-order valence-corrected chi connectivity index (χ3v) is 4.86. The zero-order valence-electron chi connectivity index (χ0n) is 15.2. The Balaban J connectivity index is 1.53. The third-order valence-electron chi connectivity index (χ3n) is 3.92. The van der Waals surface area contributed by atoms with Gasteiger partial charge >= 0.3 is 5.97 Å². The maximum Gasteiger partial charge on any atom is 0.316 e. The number of hydrogen-bond donors (Lipinski definition) is 0. The van der Waals surface area contributed by atoms with Crippen LogP contribution in [0.4, 0.5) is 4.39 Å². The van der Waals surface area contributed by atoms with Gasteiger partial charge in [-0.25, -0.2) is 4.39 Å². The molecule has 0 aliphatic rings. The van der Waals surface area contributed by atoms with Gasteiger partial charge in [-0.1, -0.05) is 54.2 Å². The standard InChI is InChI=1S/C20H18FN3O3S/c1-14-22-23-20(24(14)11-15-6-3-2-4-7-15)28-13-19(26)27-12-18(25)16-8-5-9-17(21)10-16/h2-10H,11-13H2,1H3. The first-order valence-corrected chi connectivity index (χ1v) is 9.52. The van der Waals surface area contributed by atoms with Crippen LogP contribution in [0, 0.1) is 12.7 Å². The summed E-state index contributed by atoms with van der Waals surface area (Å²) in [7, 11) is 0. The summed E-state index contributed by atoms with van der Waals surface area (Å²) in [6.45, 7) is 2.00. The molecule has 6 nitrogen and oxygen atoms in total. The second-order valence-electron chi connectivity index (χ2n) is 5.98. The second-order valence-corrected chi connectivity index (χ2v) is 6.93. The number of hydrogen-bond acceptors (Lipinski definition) is 6. The lowest BCUT2D eigenvalue weighted by molar-refractivity contribution is -0.139. The first kappa shape index (κ1) is 19.8. The fourth-order valence-corrected chi connectivity index (χ4v) is 3.25. The number of Topliss-reactive ketones (excluding diaryl/α,β-unsaturated/α-hetero) is 1. The highest BCUT2D eigenvalue weighted by Gasteiger charge is 2.15. The number of ketones is 1. The average molecular weight is 399 g/mol. The summed E-state index contributed by atoms with van der Waals surface area (Å²) in [4.78, 5) is 23.9. The lowest BCUT2D eigenvalue weighted by Gasteiger charge is -2.08. The summed E-state index contributed by atoms with van der Waals surface area (Å²) < 4.78 is 20.1. The molecule has 0 spiro atoms. The predicted octanol–water partition coefficient (Wildman–Crippen LogP) is 3.29. The SMILES string of the molecule is Cc1nnc(SCC(=O)OCC(=O)c2cccc(F)c2)n1Cc1ccccc1. The molecule has 0 aliphatic carbocycles. The Labute approximate surface area is 165 Å². The van der Waals surface area contributed by atoms with Crippen LogP contribution in [0.2, 0.25) is 0 Å². The molecule has 8 heteroatoms. The van der Waals surface area contributed by atoms with Crippen LogP contribution < -0.4 is 0 Å². The summed E-state index contributed by atoms with van der Waals surface area (Å²) in [5, 5.41) is 8.75. The molecule has 0 atom stereocenters. The highest BCUT2D eigenvalue weighted by atomic mass is 32.2. The Bertz CT molecular complexity index is 976. The van der Waals surface area contributed by atoms with Crippen molar-refractivity contribution in [1.82, 2.24) is 14.8 Å². The molecule has 1 aromatic heterocycles. The van der Waals surface area contributed by atoms with E-state index in [1.54, 1.807) is 0 Å². The molecule has 0 saturated carbocycles. The quantitative estimate of drug-likeness (QED) is 0.329. The van der Waals surface area contributed by atoms with Gasteiger partial charge in [0.05, 0.1) is 12.3 Å². The van der Waals surface area contributed by atoms with E-state index in [1.165, 1.54) is 30.0 Å². The lowest BCUT2D eigenvalue weighted by atomic mass is 10.1. The number of esters is 1. The van der Waals surface area contributed by atoms with Crippen molar-refractivity contribution in [1.29, 1.82) is 0 Å². The molecule has 0 aliphatic heterocycles. The molecule has 3 rings (SSSR count). The van der Waals surface area contributed by atoms with E-state index in [4.69, 9.17) is 4.74 Å². The van der Waals surface area contributed by atoms with Crippen LogP contribution >= 0.6 is 11.8 Å². The lowest BCUT2D eigenvalue weighted by Crippen LogP contribution is -2.16. The van der Waals surface area contributed by atoms with Crippen LogP contribution in [-0.2, 0) is 16.1 Å². The van der Waals surface area contributed by atoms with Crippen LogP contribution in [0.3, 0.4) is 0 Å². The van der Waals surface area contributed by atoms with Gasteiger partial charge in [0.25, 0.3) is 0 Å². The summed E-state index contributed by atoms with van der Waals surface area (Å²) in [6.07, 6.45) is 0. The maximum absolute atomic E-state index is 13.2. The van der Waals surface area contributed by atoms with E-state index in [0.717, 1.165) is 17.5 Å². The number of aryl methyl sites for hydroxylation is 1. The van der Waals surface area contributed by atoms with Gasteiger partial charge in [0.2, 0.25) is 0 Å². The number of nitrogens with zero attached hydrogens (tertiary/aromatic N) is 3. The fraction of sp³-hybridized carbons (Fsp3) is 0.200. The average Bonchev–Trinajstić information content (AvgIpc) is 3.05. The van der Waals surface area contributed by atoms with Crippen molar-refractivity contribution in [3.8, 4) is 0 Å². The minimum absolute atomic E-state index is 0.0106. The molecule has 2 aromatic carbocycles. The molecule has 0 saturated heterocycles. The number of halogens is 1. The Hall–Kier alpha value is -3.00. The van der Waals surface area contributed by atoms with E-state index in [-0.39, 0.29) is 11.3 Å². The minimum Gasteiger partial charge on any atom is -0.457 e. The van der Waals surface area contributed by atoms with Crippen molar-refractivity contribution in [2.45, 2.75) is 18.6 Å². The summed E-state index contributed by atoms with van der Waals surface area (Å²) >= 11 is 1.19. The van der Waals surface area contributed by atoms with Gasteiger partial charge in [-0.3, -0.25) is 9.59 Å². The smallest absolute Gasteiger partial charge is 0.316 e. The summed E-state index contributed by atoms with van der Waals surface area (Å²) in [5.74, 6) is -0.798. The van der Waals surface area contributed by atoms with E-state index in [1.807, 2.05) is 41.8 Å². The molecule has 0 bridgehead atoms. The number of carbonyl (C=O) groups excluding carboxylic acids is 2. The van der Waals surface area contributed by atoms with Gasteiger partial charge in [-0.15, -0.1) is 10.2 Å². The largest absolute Gasteiger partial charge is 0.457 e. The Kier molecular flexibility index (Phi) is 6.54. The topological polar surface area (TPSA) is 74.1 Å². The molecule has 0 unspecified atom stereocenters. The first-order chi connectivity index (χ1) is 13.5.